The van der Waals surface area contributed by atoms with Gasteiger partial charge < -0.3 is 21.0 Å². The van der Waals surface area contributed by atoms with Gasteiger partial charge in [0, 0.05) is 24.5 Å². The van der Waals surface area contributed by atoms with Crippen LogP contribution in [0.5, 0.6) is 0 Å². The molecule has 0 aromatic carbocycles. The highest BCUT2D eigenvalue weighted by Gasteiger charge is 2.44. The lowest BCUT2D eigenvalue weighted by Crippen LogP contribution is -2.54. The van der Waals surface area contributed by atoms with E-state index in [1.54, 1.807) is 11.8 Å². The maximum atomic E-state index is 12.4. The maximum absolute atomic E-state index is 12.4. The Morgan fingerprint density at radius 2 is 2.11 bits per heavy atom. The van der Waals surface area contributed by atoms with Crippen LogP contribution in [0.2, 0.25) is 0 Å². The van der Waals surface area contributed by atoms with Crippen molar-refractivity contribution in [1.29, 1.82) is 0 Å². The minimum absolute atomic E-state index is 0.0322. The minimum Gasteiger partial charge on any atom is -0.409 e. The van der Waals surface area contributed by atoms with Crippen LogP contribution in [-0.2, 0) is 9.53 Å². The molecule has 1 aliphatic heterocycles. The van der Waals surface area contributed by atoms with E-state index < -0.39 is 5.41 Å². The van der Waals surface area contributed by atoms with Crippen molar-refractivity contribution in [1.82, 2.24) is 5.32 Å². The van der Waals surface area contributed by atoms with Gasteiger partial charge in [-0.1, -0.05) is 5.16 Å². The van der Waals surface area contributed by atoms with Crippen molar-refractivity contribution in [2.45, 2.75) is 31.4 Å². The van der Waals surface area contributed by atoms with Crippen molar-refractivity contribution in [2.24, 2.45) is 16.3 Å². The van der Waals surface area contributed by atoms with E-state index in [-0.39, 0.29) is 16.5 Å². The SMILES string of the molecule is CSC(C)(C)CNC(=O)C1(C(N)=NO)CCOCC1. The van der Waals surface area contributed by atoms with Gasteiger partial charge in [0.2, 0.25) is 5.91 Å². The Morgan fingerprint density at radius 3 is 2.58 bits per heavy atom. The van der Waals surface area contributed by atoms with Crippen LogP contribution in [-0.4, -0.2) is 47.7 Å². The second-order valence-corrected chi connectivity index (χ2v) is 6.84. The molecule has 6 nitrogen and oxygen atoms in total. The zero-order valence-electron chi connectivity index (χ0n) is 11.7. The highest BCUT2D eigenvalue weighted by Crippen LogP contribution is 2.31. The molecule has 0 saturated carbocycles. The van der Waals surface area contributed by atoms with Crippen LogP contribution in [0.15, 0.2) is 5.16 Å². The van der Waals surface area contributed by atoms with Crippen molar-refractivity contribution < 1.29 is 14.7 Å². The molecule has 4 N–H and O–H groups in total. The molecule has 1 rings (SSSR count). The van der Waals surface area contributed by atoms with Gasteiger partial charge in [0.15, 0.2) is 5.84 Å². The van der Waals surface area contributed by atoms with E-state index in [4.69, 9.17) is 15.7 Å². The van der Waals surface area contributed by atoms with E-state index in [0.717, 1.165) is 0 Å². The Labute approximate surface area is 118 Å². The second kappa shape index (κ2) is 6.47. The molecule has 0 radical (unpaired) electrons. The van der Waals surface area contributed by atoms with E-state index in [2.05, 4.69) is 24.3 Å². The summed E-state index contributed by atoms with van der Waals surface area (Å²) in [5.74, 6) is -0.219. The van der Waals surface area contributed by atoms with Gasteiger partial charge in [0.05, 0.1) is 0 Å². The van der Waals surface area contributed by atoms with E-state index in [1.807, 2.05) is 6.26 Å². The van der Waals surface area contributed by atoms with Gasteiger partial charge in [-0.2, -0.15) is 11.8 Å². The number of carbonyl (C=O) groups excluding carboxylic acids is 1. The molecule has 1 saturated heterocycles. The van der Waals surface area contributed by atoms with Gasteiger partial charge >= 0.3 is 0 Å². The number of nitrogens with one attached hydrogen (secondary N) is 1. The monoisotopic (exact) mass is 289 g/mol. The highest BCUT2D eigenvalue weighted by atomic mass is 32.2. The van der Waals surface area contributed by atoms with Crippen LogP contribution < -0.4 is 11.1 Å². The molecule has 110 valence electrons. The molecule has 19 heavy (non-hydrogen) atoms. The normalized spacial score (nSPS) is 20.1. The third kappa shape index (κ3) is 3.76. The predicted molar refractivity (Wildman–Crippen MR) is 76.5 cm³/mol. The lowest BCUT2D eigenvalue weighted by atomic mass is 9.78. The fourth-order valence-electron chi connectivity index (χ4n) is 1.95. The van der Waals surface area contributed by atoms with Gasteiger partial charge in [0.25, 0.3) is 0 Å². The first-order chi connectivity index (χ1) is 8.88. The van der Waals surface area contributed by atoms with Gasteiger partial charge in [-0.15, -0.1) is 0 Å². The number of amides is 1. The fraction of sp³-hybridized carbons (Fsp3) is 0.833. The summed E-state index contributed by atoms with van der Waals surface area (Å²) in [6.45, 7) is 5.52. The zero-order chi connectivity index (χ0) is 14.5. The number of nitrogens with zero attached hydrogens (tertiary/aromatic N) is 1. The van der Waals surface area contributed by atoms with E-state index in [0.29, 0.717) is 32.6 Å². The van der Waals surface area contributed by atoms with Gasteiger partial charge in [0.1, 0.15) is 5.41 Å². The molecule has 0 bridgehead atoms. The number of carbonyl (C=O) groups is 1. The Bertz CT molecular complexity index is 352. The number of hydrogen-bond acceptors (Lipinski definition) is 5. The van der Waals surface area contributed by atoms with Crippen molar-refractivity contribution in [2.75, 3.05) is 26.0 Å². The average Bonchev–Trinajstić information content (AvgIpc) is 2.44. The molecule has 0 unspecified atom stereocenters. The molecular formula is C12H23N3O3S. The van der Waals surface area contributed by atoms with Crippen LogP contribution >= 0.6 is 11.8 Å². The number of ether oxygens (including phenoxy) is 1. The molecule has 0 aromatic heterocycles. The molecule has 0 atom stereocenters. The first kappa shape index (κ1) is 16.1. The number of oxime groups is 1. The molecule has 1 amide bonds. The standard InChI is InChI=1S/C12H23N3O3S/c1-11(2,19-3)8-14-10(16)12(9(13)15-17)4-6-18-7-5-12/h17H,4-8H2,1-3H3,(H2,13,15)(H,14,16). The minimum atomic E-state index is -0.943. The summed E-state index contributed by atoms with van der Waals surface area (Å²) in [4.78, 5) is 12.4. The third-order valence-corrected chi connectivity index (χ3v) is 4.86. The summed E-state index contributed by atoms with van der Waals surface area (Å²) in [5.41, 5.74) is 4.79. The molecule has 7 heteroatoms. The Morgan fingerprint density at radius 1 is 1.53 bits per heavy atom. The summed E-state index contributed by atoms with van der Waals surface area (Å²) in [5, 5.41) is 14.9. The summed E-state index contributed by atoms with van der Waals surface area (Å²) < 4.78 is 5.21. The maximum Gasteiger partial charge on any atom is 0.234 e. The second-order valence-electron chi connectivity index (χ2n) is 5.33. The summed E-state index contributed by atoms with van der Waals surface area (Å²) in [6.07, 6.45) is 2.88. The molecule has 0 aromatic rings. The number of nitrogens with two attached hydrogens (primary N) is 1. The first-order valence-corrected chi connectivity index (χ1v) is 7.50. The summed E-state index contributed by atoms with van der Waals surface area (Å²) in [6, 6.07) is 0. The van der Waals surface area contributed by atoms with Crippen LogP contribution in [0.1, 0.15) is 26.7 Å². The first-order valence-electron chi connectivity index (χ1n) is 6.27. The largest absolute Gasteiger partial charge is 0.409 e. The lowest BCUT2D eigenvalue weighted by Gasteiger charge is -2.35. The van der Waals surface area contributed by atoms with Crippen LogP contribution in [0, 0.1) is 5.41 Å². The van der Waals surface area contributed by atoms with E-state index in [1.165, 1.54) is 0 Å². The van der Waals surface area contributed by atoms with Crippen molar-refractivity contribution in [3.63, 3.8) is 0 Å². The highest BCUT2D eigenvalue weighted by molar-refractivity contribution is 7.99. The van der Waals surface area contributed by atoms with Crippen molar-refractivity contribution in [3.8, 4) is 0 Å². The van der Waals surface area contributed by atoms with Crippen molar-refractivity contribution >= 4 is 23.5 Å². The van der Waals surface area contributed by atoms with Crippen molar-refractivity contribution in [3.05, 3.63) is 0 Å². The molecule has 0 spiro atoms. The summed E-state index contributed by atoms with van der Waals surface area (Å²) in [7, 11) is 0. The predicted octanol–water partition coefficient (Wildman–Crippen LogP) is 0.787. The van der Waals surface area contributed by atoms with Gasteiger partial charge in [-0.3, -0.25) is 4.79 Å². The Balaban J connectivity index is 2.79. The van der Waals surface area contributed by atoms with Crippen LogP contribution in [0.25, 0.3) is 0 Å². The average molecular weight is 289 g/mol. The number of hydrogen-bond donors (Lipinski definition) is 3. The van der Waals surface area contributed by atoms with E-state index >= 15 is 0 Å². The lowest BCUT2D eigenvalue weighted by molar-refractivity contribution is -0.131. The molecular weight excluding hydrogens is 266 g/mol. The van der Waals surface area contributed by atoms with E-state index in [9.17, 15) is 4.79 Å². The van der Waals surface area contributed by atoms with Crippen LogP contribution in [0.3, 0.4) is 0 Å². The molecule has 1 heterocycles. The number of amidine groups is 1. The molecule has 0 aliphatic carbocycles. The fourth-order valence-corrected chi connectivity index (χ4v) is 2.17. The topological polar surface area (TPSA) is 96.9 Å². The Kier molecular flexibility index (Phi) is 5.49. The molecule has 1 aliphatic rings. The molecule has 1 fully saturated rings. The van der Waals surface area contributed by atoms with Gasteiger partial charge in [-0.25, -0.2) is 0 Å². The quantitative estimate of drug-likeness (QED) is 0.301. The summed E-state index contributed by atoms with van der Waals surface area (Å²) >= 11 is 1.68. The smallest absolute Gasteiger partial charge is 0.234 e. The zero-order valence-corrected chi connectivity index (χ0v) is 12.5. The van der Waals surface area contributed by atoms with Crippen LogP contribution in [0.4, 0.5) is 0 Å². The number of rotatable bonds is 5. The Hall–Kier alpha value is -0.950. The van der Waals surface area contributed by atoms with Gasteiger partial charge in [-0.05, 0) is 32.9 Å². The third-order valence-electron chi connectivity index (χ3n) is 3.61. The number of thioether (sulfide) groups is 1.